The van der Waals surface area contributed by atoms with Gasteiger partial charge in [-0.05, 0) is 25.6 Å². The summed E-state index contributed by atoms with van der Waals surface area (Å²) < 4.78 is 5.92. The summed E-state index contributed by atoms with van der Waals surface area (Å²) in [6.45, 7) is 4.19. The number of fused-ring (bicyclic) bond motifs is 1. The van der Waals surface area contributed by atoms with Gasteiger partial charge in [-0.25, -0.2) is 0 Å². The second-order valence-corrected chi connectivity index (χ2v) is 5.30. The zero-order valence-corrected chi connectivity index (χ0v) is 11.5. The predicted molar refractivity (Wildman–Crippen MR) is 70.6 cm³/mol. The first-order valence-electron chi connectivity index (χ1n) is 5.69. The van der Waals surface area contributed by atoms with Crippen molar-refractivity contribution in [2.24, 2.45) is 0 Å². The van der Waals surface area contributed by atoms with E-state index < -0.39 is 0 Å². The van der Waals surface area contributed by atoms with Crippen molar-refractivity contribution in [3.8, 4) is 5.75 Å². The van der Waals surface area contributed by atoms with E-state index in [0.29, 0.717) is 6.10 Å². The molecule has 88 valence electrons. The van der Waals surface area contributed by atoms with Crippen LogP contribution in [0, 0.1) is 6.92 Å². The van der Waals surface area contributed by atoms with E-state index in [1.807, 2.05) is 0 Å². The fourth-order valence-electron chi connectivity index (χ4n) is 2.13. The summed E-state index contributed by atoms with van der Waals surface area (Å²) in [5.41, 5.74) is 2.68. The van der Waals surface area contributed by atoms with Crippen LogP contribution in [0.25, 0.3) is 0 Å². The maximum atomic E-state index is 5.92. The largest absolute Gasteiger partial charge is 0.488 e. The minimum absolute atomic E-state index is 0.320. The molecule has 16 heavy (non-hydrogen) atoms. The molecular formula is C13H18BrNO. The lowest BCUT2D eigenvalue weighted by atomic mass is 10.1. The third kappa shape index (κ3) is 2.77. The Bertz CT molecular complexity index is 367. The molecule has 0 spiro atoms. The molecule has 0 N–H and O–H groups in total. The highest BCUT2D eigenvalue weighted by atomic mass is 79.9. The number of benzene rings is 1. The van der Waals surface area contributed by atoms with Crippen LogP contribution < -0.4 is 4.74 Å². The second kappa shape index (κ2) is 5.19. The molecule has 0 saturated heterocycles. The summed E-state index contributed by atoms with van der Waals surface area (Å²) in [5.74, 6) is 1.07. The summed E-state index contributed by atoms with van der Waals surface area (Å²) in [6, 6.07) is 6.44. The van der Waals surface area contributed by atoms with E-state index in [4.69, 9.17) is 4.74 Å². The first-order chi connectivity index (χ1) is 7.69. The molecule has 0 amide bonds. The van der Waals surface area contributed by atoms with E-state index in [2.05, 4.69) is 53.0 Å². The number of alkyl halides is 1. The number of halogens is 1. The van der Waals surface area contributed by atoms with Crippen molar-refractivity contribution in [3.05, 3.63) is 29.3 Å². The summed E-state index contributed by atoms with van der Waals surface area (Å²) >= 11 is 3.45. The van der Waals surface area contributed by atoms with Crippen LogP contribution in [0.3, 0.4) is 0 Å². The van der Waals surface area contributed by atoms with Crippen molar-refractivity contribution in [1.29, 1.82) is 0 Å². The number of hydrogen-bond donors (Lipinski definition) is 0. The zero-order chi connectivity index (χ0) is 11.5. The van der Waals surface area contributed by atoms with E-state index >= 15 is 0 Å². The van der Waals surface area contributed by atoms with E-state index in [9.17, 15) is 0 Å². The Morgan fingerprint density at radius 1 is 1.50 bits per heavy atom. The molecule has 2 nitrogen and oxygen atoms in total. The van der Waals surface area contributed by atoms with Crippen LogP contribution in [-0.4, -0.2) is 36.5 Å². The standard InChI is InChI=1S/C13H18BrNO/c1-10-3-4-13-11(7-10)8-12(16-13)9-15(2)6-5-14/h3-4,7,12H,5-6,8-9H2,1-2H3. The van der Waals surface area contributed by atoms with Gasteiger partial charge in [0.15, 0.2) is 0 Å². The van der Waals surface area contributed by atoms with E-state index in [1.165, 1.54) is 11.1 Å². The van der Waals surface area contributed by atoms with E-state index in [0.717, 1.165) is 30.6 Å². The smallest absolute Gasteiger partial charge is 0.123 e. The summed E-state index contributed by atoms with van der Waals surface area (Å²) in [4.78, 5) is 2.30. The van der Waals surface area contributed by atoms with Crippen LogP contribution >= 0.6 is 15.9 Å². The normalized spacial score (nSPS) is 18.6. The molecule has 1 aromatic rings. The highest BCUT2D eigenvalue weighted by Gasteiger charge is 2.23. The molecule has 1 aromatic carbocycles. The number of rotatable bonds is 4. The van der Waals surface area contributed by atoms with Crippen LogP contribution in [0.1, 0.15) is 11.1 Å². The molecule has 1 atom stereocenters. The molecule has 1 unspecified atom stereocenters. The Labute approximate surface area is 106 Å². The van der Waals surface area contributed by atoms with Crippen molar-refractivity contribution >= 4 is 15.9 Å². The number of ether oxygens (including phenoxy) is 1. The van der Waals surface area contributed by atoms with Gasteiger partial charge in [0.2, 0.25) is 0 Å². The molecule has 0 fully saturated rings. The lowest BCUT2D eigenvalue weighted by Crippen LogP contribution is -2.33. The van der Waals surface area contributed by atoms with Gasteiger partial charge in [0.05, 0.1) is 0 Å². The fraction of sp³-hybridized carbons (Fsp3) is 0.538. The highest BCUT2D eigenvalue weighted by Crippen LogP contribution is 2.29. The van der Waals surface area contributed by atoms with Crippen LogP contribution in [-0.2, 0) is 6.42 Å². The van der Waals surface area contributed by atoms with Crippen molar-refractivity contribution in [2.75, 3.05) is 25.5 Å². The first kappa shape index (κ1) is 11.9. The predicted octanol–water partition coefficient (Wildman–Crippen LogP) is 2.63. The van der Waals surface area contributed by atoms with E-state index in [-0.39, 0.29) is 0 Å². The summed E-state index contributed by atoms with van der Waals surface area (Å²) in [5, 5.41) is 1.02. The fourth-order valence-corrected chi connectivity index (χ4v) is 2.74. The van der Waals surface area contributed by atoms with Crippen molar-refractivity contribution in [2.45, 2.75) is 19.4 Å². The van der Waals surface area contributed by atoms with Gasteiger partial charge >= 0.3 is 0 Å². The Kier molecular flexibility index (Phi) is 3.87. The maximum absolute atomic E-state index is 5.92. The average Bonchev–Trinajstić information content (AvgIpc) is 2.59. The molecule has 1 aliphatic rings. The average molecular weight is 284 g/mol. The molecule has 0 radical (unpaired) electrons. The van der Waals surface area contributed by atoms with E-state index in [1.54, 1.807) is 0 Å². The Hall–Kier alpha value is -0.540. The van der Waals surface area contributed by atoms with Crippen LogP contribution in [0.2, 0.25) is 0 Å². The number of likely N-dealkylation sites (N-methyl/N-ethyl adjacent to an activating group) is 1. The minimum atomic E-state index is 0.320. The molecular weight excluding hydrogens is 266 g/mol. The quantitative estimate of drug-likeness (QED) is 0.788. The molecule has 2 rings (SSSR count). The number of nitrogens with zero attached hydrogens (tertiary/aromatic N) is 1. The Balaban J connectivity index is 1.95. The topological polar surface area (TPSA) is 12.5 Å². The Morgan fingerprint density at radius 3 is 3.06 bits per heavy atom. The van der Waals surface area contributed by atoms with Gasteiger partial charge in [0, 0.05) is 24.8 Å². The van der Waals surface area contributed by atoms with Gasteiger partial charge in [-0.1, -0.05) is 33.6 Å². The maximum Gasteiger partial charge on any atom is 0.123 e. The lowest BCUT2D eigenvalue weighted by molar-refractivity contribution is 0.173. The van der Waals surface area contributed by atoms with Crippen LogP contribution in [0.5, 0.6) is 5.75 Å². The summed E-state index contributed by atoms with van der Waals surface area (Å²) in [6.07, 6.45) is 1.37. The van der Waals surface area contributed by atoms with Crippen LogP contribution in [0.4, 0.5) is 0 Å². The SMILES string of the molecule is Cc1ccc2c(c1)CC(CN(C)CCBr)O2. The highest BCUT2D eigenvalue weighted by molar-refractivity contribution is 9.09. The molecule has 1 heterocycles. The third-order valence-electron chi connectivity index (χ3n) is 2.94. The van der Waals surface area contributed by atoms with Crippen molar-refractivity contribution in [3.63, 3.8) is 0 Å². The third-order valence-corrected chi connectivity index (χ3v) is 3.29. The Morgan fingerprint density at radius 2 is 2.31 bits per heavy atom. The molecule has 0 bridgehead atoms. The van der Waals surface area contributed by atoms with Gasteiger partial charge in [0.1, 0.15) is 11.9 Å². The van der Waals surface area contributed by atoms with Crippen molar-refractivity contribution in [1.82, 2.24) is 4.90 Å². The molecule has 0 aliphatic carbocycles. The zero-order valence-electron chi connectivity index (χ0n) is 9.87. The molecule has 0 saturated carbocycles. The monoisotopic (exact) mass is 283 g/mol. The number of hydrogen-bond acceptors (Lipinski definition) is 2. The van der Waals surface area contributed by atoms with Gasteiger partial charge in [-0.2, -0.15) is 0 Å². The number of aryl methyl sites for hydroxylation is 1. The molecule has 1 aliphatic heterocycles. The van der Waals surface area contributed by atoms with Crippen molar-refractivity contribution < 1.29 is 4.74 Å². The summed E-state index contributed by atoms with van der Waals surface area (Å²) in [7, 11) is 2.14. The molecule has 3 heteroatoms. The minimum Gasteiger partial charge on any atom is -0.488 e. The molecule has 0 aromatic heterocycles. The van der Waals surface area contributed by atoms with Crippen LogP contribution in [0.15, 0.2) is 18.2 Å². The second-order valence-electron chi connectivity index (χ2n) is 4.51. The van der Waals surface area contributed by atoms with Gasteiger partial charge in [0.25, 0.3) is 0 Å². The van der Waals surface area contributed by atoms with Gasteiger partial charge < -0.3 is 9.64 Å². The van der Waals surface area contributed by atoms with Gasteiger partial charge in [-0.15, -0.1) is 0 Å². The first-order valence-corrected chi connectivity index (χ1v) is 6.82. The van der Waals surface area contributed by atoms with Gasteiger partial charge in [-0.3, -0.25) is 0 Å². The lowest BCUT2D eigenvalue weighted by Gasteiger charge is -2.19.